The first-order valence-electron chi connectivity index (χ1n) is 17.7. The minimum atomic E-state index is -0.122. The van der Waals surface area contributed by atoms with Crippen molar-refractivity contribution in [1.29, 1.82) is 0 Å². The predicted molar refractivity (Wildman–Crippen MR) is 179 cm³/mol. The SMILES string of the molecule is COc1ccc(C2(CCNC(=O)CO/N=C3/C=C4CC[C@H]5[C@@H]6CC[C@@H](O)[C@@]6(C)CC[C@@H]5[C@@]4(C)CC3)CC(C)N(C)CC2C)cc1. The number of aliphatic hydroxyl groups is 1. The van der Waals surface area contributed by atoms with Crippen LogP contribution in [0.25, 0.3) is 0 Å². The smallest absolute Gasteiger partial charge is 0.260 e. The van der Waals surface area contributed by atoms with Crippen LogP contribution in [-0.4, -0.2) is 67.6 Å². The highest BCUT2D eigenvalue weighted by Crippen LogP contribution is 2.65. The normalized spacial score (nSPS) is 40.6. The number of methoxy groups -OCH3 is 1. The number of nitrogens with zero attached hydrogens (tertiary/aromatic N) is 2. The second-order valence-electron chi connectivity index (χ2n) is 15.9. The van der Waals surface area contributed by atoms with Crippen LogP contribution >= 0.6 is 0 Å². The van der Waals surface area contributed by atoms with E-state index in [9.17, 15) is 9.90 Å². The second-order valence-corrected chi connectivity index (χ2v) is 15.9. The summed E-state index contributed by atoms with van der Waals surface area (Å²) in [6.45, 7) is 11.1. The van der Waals surface area contributed by atoms with Crippen LogP contribution in [-0.2, 0) is 15.0 Å². The largest absolute Gasteiger partial charge is 0.497 e. The van der Waals surface area contributed by atoms with E-state index in [1.807, 2.05) is 0 Å². The summed E-state index contributed by atoms with van der Waals surface area (Å²) in [5.74, 6) is 3.30. The zero-order chi connectivity index (χ0) is 32.0. The number of nitrogens with one attached hydrogen (secondary N) is 1. The molecular formula is C38H57N3O4. The number of fused-ring (bicyclic) bond motifs is 5. The maximum absolute atomic E-state index is 12.9. The van der Waals surface area contributed by atoms with Gasteiger partial charge in [-0.2, -0.15) is 0 Å². The molecule has 0 spiro atoms. The van der Waals surface area contributed by atoms with Gasteiger partial charge in [0.25, 0.3) is 5.91 Å². The van der Waals surface area contributed by atoms with Gasteiger partial charge in [-0.1, -0.05) is 43.6 Å². The Hall–Kier alpha value is -2.38. The van der Waals surface area contributed by atoms with Gasteiger partial charge in [-0.05, 0) is 136 Å². The number of aliphatic hydroxyl groups excluding tert-OH is 1. The van der Waals surface area contributed by atoms with Crippen LogP contribution in [0.4, 0.5) is 0 Å². The zero-order valence-corrected chi connectivity index (χ0v) is 28.6. The summed E-state index contributed by atoms with van der Waals surface area (Å²) >= 11 is 0. The lowest BCUT2D eigenvalue weighted by Gasteiger charge is -2.57. The van der Waals surface area contributed by atoms with Gasteiger partial charge in [0.15, 0.2) is 6.61 Å². The van der Waals surface area contributed by atoms with E-state index in [1.165, 1.54) is 30.4 Å². The standard InChI is InChI=1S/C38H57N3O4/c1-25-23-41(5)26(2)22-38(25,27-7-10-30(44-6)11-8-27)19-20-39-35(43)24-45-40-29-15-17-36(3)28(21-29)9-12-31-32-13-14-34(42)37(32,4)18-16-33(31)36/h7-8,10-11,21,25-26,31-34,42H,9,12-20,22-24H2,1-6H3,(H,39,43)/b40-29+/t25?,26?,31-,32-,33-,34+,36-,37-,38?/m0/s1. The van der Waals surface area contributed by atoms with Crippen molar-refractivity contribution in [1.82, 2.24) is 10.2 Å². The van der Waals surface area contributed by atoms with Crippen molar-refractivity contribution in [3.05, 3.63) is 41.5 Å². The molecule has 5 aliphatic rings. The van der Waals surface area contributed by atoms with Crippen molar-refractivity contribution in [3.63, 3.8) is 0 Å². The second kappa shape index (κ2) is 12.7. The topological polar surface area (TPSA) is 83.4 Å². The average Bonchev–Trinajstić information content (AvgIpc) is 3.33. The molecule has 248 valence electrons. The highest BCUT2D eigenvalue weighted by atomic mass is 16.6. The number of benzene rings is 1. The molecule has 0 bridgehead atoms. The summed E-state index contributed by atoms with van der Waals surface area (Å²) in [5, 5.41) is 18.4. The molecular weight excluding hydrogens is 562 g/mol. The Labute approximate surface area is 271 Å². The quantitative estimate of drug-likeness (QED) is 0.325. The molecule has 1 aliphatic heterocycles. The molecule has 4 fully saturated rings. The lowest BCUT2D eigenvalue weighted by Crippen LogP contribution is -2.52. The van der Waals surface area contributed by atoms with Crippen molar-refractivity contribution < 1.29 is 19.5 Å². The van der Waals surface area contributed by atoms with Crippen LogP contribution in [0.2, 0.25) is 0 Å². The Kier molecular flexibility index (Phi) is 9.17. The Morgan fingerprint density at radius 3 is 2.60 bits per heavy atom. The van der Waals surface area contributed by atoms with E-state index in [0.717, 1.165) is 68.9 Å². The van der Waals surface area contributed by atoms with Gasteiger partial charge >= 0.3 is 0 Å². The Morgan fingerprint density at radius 1 is 1.07 bits per heavy atom. The van der Waals surface area contributed by atoms with Crippen LogP contribution in [0.3, 0.4) is 0 Å². The van der Waals surface area contributed by atoms with E-state index in [0.29, 0.717) is 30.3 Å². The summed E-state index contributed by atoms with van der Waals surface area (Å²) in [6.07, 6.45) is 13.0. The zero-order valence-electron chi connectivity index (χ0n) is 28.6. The summed E-state index contributed by atoms with van der Waals surface area (Å²) < 4.78 is 5.42. The Morgan fingerprint density at radius 2 is 1.84 bits per heavy atom. The first-order valence-corrected chi connectivity index (χ1v) is 17.7. The molecule has 0 radical (unpaired) electrons. The molecule has 1 aromatic rings. The van der Waals surface area contributed by atoms with E-state index in [-0.39, 0.29) is 34.9 Å². The third-order valence-electron chi connectivity index (χ3n) is 13.8. The van der Waals surface area contributed by atoms with Crippen molar-refractivity contribution >= 4 is 11.6 Å². The number of carbonyl (C=O) groups is 1. The van der Waals surface area contributed by atoms with Crippen molar-refractivity contribution in [2.45, 2.75) is 109 Å². The van der Waals surface area contributed by atoms with Gasteiger partial charge in [0.05, 0.1) is 18.9 Å². The summed E-state index contributed by atoms with van der Waals surface area (Å²) in [5.41, 5.74) is 4.14. The van der Waals surface area contributed by atoms with E-state index in [2.05, 4.69) is 80.5 Å². The van der Waals surface area contributed by atoms with Crippen molar-refractivity contribution in [3.8, 4) is 5.75 Å². The van der Waals surface area contributed by atoms with Crippen LogP contribution in [0.5, 0.6) is 5.75 Å². The van der Waals surface area contributed by atoms with E-state index < -0.39 is 0 Å². The van der Waals surface area contributed by atoms with Gasteiger partial charge in [0, 0.05) is 24.5 Å². The maximum Gasteiger partial charge on any atom is 0.260 e. The molecule has 3 unspecified atom stereocenters. The number of ether oxygens (including phenoxy) is 1. The number of carbonyl (C=O) groups excluding carboxylic acids is 1. The monoisotopic (exact) mass is 619 g/mol. The fraction of sp³-hybridized carbons (Fsp3) is 0.737. The van der Waals surface area contributed by atoms with Crippen LogP contribution < -0.4 is 10.1 Å². The molecule has 7 heteroatoms. The fourth-order valence-electron chi connectivity index (χ4n) is 10.8. The molecule has 2 N–H and O–H groups in total. The predicted octanol–water partition coefficient (Wildman–Crippen LogP) is 6.50. The number of hydrogen-bond acceptors (Lipinski definition) is 6. The minimum absolute atomic E-state index is 0.0129. The van der Waals surface area contributed by atoms with Gasteiger partial charge in [-0.15, -0.1) is 0 Å². The average molecular weight is 620 g/mol. The van der Waals surface area contributed by atoms with Gasteiger partial charge in [0.1, 0.15) is 5.75 Å². The van der Waals surface area contributed by atoms with E-state index in [4.69, 9.17) is 9.57 Å². The van der Waals surface area contributed by atoms with Gasteiger partial charge in [-0.25, -0.2) is 0 Å². The Bertz CT molecular complexity index is 1290. The highest BCUT2D eigenvalue weighted by Gasteiger charge is 2.58. The third kappa shape index (κ3) is 5.86. The molecule has 7 nitrogen and oxygen atoms in total. The lowest BCUT2D eigenvalue weighted by atomic mass is 9.47. The number of rotatable bonds is 8. The molecule has 3 saturated carbocycles. The van der Waals surface area contributed by atoms with Gasteiger partial charge in [0.2, 0.25) is 0 Å². The molecule has 4 aliphatic carbocycles. The van der Waals surface area contributed by atoms with Crippen molar-refractivity contribution in [2.75, 3.05) is 33.9 Å². The molecule has 45 heavy (non-hydrogen) atoms. The highest BCUT2D eigenvalue weighted by molar-refractivity contribution is 5.96. The van der Waals surface area contributed by atoms with Gasteiger partial charge in [-0.3, -0.25) is 4.79 Å². The Balaban J connectivity index is 1.04. The van der Waals surface area contributed by atoms with Crippen LogP contribution in [0, 0.1) is 34.5 Å². The molecule has 1 heterocycles. The number of oxime groups is 1. The molecule has 9 atom stereocenters. The van der Waals surface area contributed by atoms with Crippen LogP contribution in [0.1, 0.15) is 97.5 Å². The first kappa shape index (κ1) is 32.6. The van der Waals surface area contributed by atoms with Crippen LogP contribution in [0.15, 0.2) is 41.1 Å². The van der Waals surface area contributed by atoms with E-state index in [1.54, 1.807) is 7.11 Å². The molecule has 1 aromatic carbocycles. The number of piperidine rings is 1. The van der Waals surface area contributed by atoms with Crippen molar-refractivity contribution in [2.24, 2.45) is 39.7 Å². The minimum Gasteiger partial charge on any atom is -0.497 e. The summed E-state index contributed by atoms with van der Waals surface area (Å²) in [4.78, 5) is 21.0. The molecule has 1 amide bonds. The molecule has 0 aromatic heterocycles. The lowest BCUT2D eigenvalue weighted by molar-refractivity contribution is -0.125. The first-order chi connectivity index (χ1) is 21.5. The fourth-order valence-corrected chi connectivity index (χ4v) is 10.8. The molecule has 1 saturated heterocycles. The third-order valence-corrected chi connectivity index (χ3v) is 13.8. The number of amides is 1. The number of likely N-dealkylation sites (tertiary alicyclic amines) is 1. The summed E-state index contributed by atoms with van der Waals surface area (Å²) in [7, 11) is 3.91. The summed E-state index contributed by atoms with van der Waals surface area (Å²) in [6, 6.07) is 8.98. The van der Waals surface area contributed by atoms with Gasteiger partial charge < -0.3 is 24.9 Å². The molecule has 6 rings (SSSR count). The van der Waals surface area contributed by atoms with E-state index >= 15 is 0 Å². The maximum atomic E-state index is 12.9. The number of allylic oxidation sites excluding steroid dienone is 2. The number of hydrogen-bond donors (Lipinski definition) is 2.